The summed E-state index contributed by atoms with van der Waals surface area (Å²) in [4.78, 5) is 15.6. The van der Waals surface area contributed by atoms with E-state index >= 15 is 0 Å². The van der Waals surface area contributed by atoms with Crippen molar-refractivity contribution in [1.29, 1.82) is 0 Å². The quantitative estimate of drug-likeness (QED) is 0.837. The molecule has 5 nitrogen and oxygen atoms in total. The zero-order valence-electron chi connectivity index (χ0n) is 13.6. The number of nitrogens with zero attached hydrogens (tertiary/aromatic N) is 2. The second-order valence-electron chi connectivity index (χ2n) is 6.80. The summed E-state index contributed by atoms with van der Waals surface area (Å²) in [5, 5.41) is 9.06. The van der Waals surface area contributed by atoms with Crippen LogP contribution in [0, 0.1) is 5.92 Å². The highest BCUT2D eigenvalue weighted by atomic mass is 16.5. The Bertz CT molecular complexity index is 332. The number of ether oxygens (including phenoxy) is 1. The lowest BCUT2D eigenvalue weighted by Crippen LogP contribution is -2.47. The molecule has 0 aliphatic carbocycles. The van der Waals surface area contributed by atoms with E-state index in [1.165, 1.54) is 6.42 Å². The molecule has 0 radical (unpaired) electrons. The zero-order chi connectivity index (χ0) is 15.4. The first-order chi connectivity index (χ1) is 9.95. The number of aliphatic carboxylic acids is 1. The van der Waals surface area contributed by atoms with Crippen molar-refractivity contribution in [2.45, 2.75) is 58.3 Å². The van der Waals surface area contributed by atoms with E-state index in [2.05, 4.69) is 23.6 Å². The summed E-state index contributed by atoms with van der Waals surface area (Å²) in [7, 11) is 0. The number of carboxylic acids is 1. The largest absolute Gasteiger partial charge is 0.480 e. The van der Waals surface area contributed by atoms with Crippen molar-refractivity contribution in [1.82, 2.24) is 9.80 Å². The normalized spacial score (nSPS) is 31.2. The van der Waals surface area contributed by atoms with E-state index in [0.717, 1.165) is 51.5 Å². The molecule has 0 aromatic carbocycles. The van der Waals surface area contributed by atoms with Gasteiger partial charge in [0.15, 0.2) is 0 Å². The Morgan fingerprint density at radius 3 is 2.33 bits per heavy atom. The van der Waals surface area contributed by atoms with Crippen LogP contribution in [0.1, 0.15) is 40.0 Å². The molecule has 0 saturated carbocycles. The molecule has 2 rings (SSSR count). The maximum Gasteiger partial charge on any atom is 0.320 e. The summed E-state index contributed by atoms with van der Waals surface area (Å²) in [5.41, 5.74) is 0. The van der Waals surface area contributed by atoms with Gasteiger partial charge in [0.1, 0.15) is 6.04 Å². The van der Waals surface area contributed by atoms with E-state index < -0.39 is 5.97 Å². The molecule has 122 valence electrons. The first-order valence-electron chi connectivity index (χ1n) is 8.30. The molecule has 2 fully saturated rings. The Hall–Kier alpha value is -0.650. The van der Waals surface area contributed by atoms with Gasteiger partial charge in [-0.3, -0.25) is 14.6 Å². The van der Waals surface area contributed by atoms with E-state index in [4.69, 9.17) is 9.84 Å². The van der Waals surface area contributed by atoms with Crippen LogP contribution >= 0.6 is 0 Å². The molecule has 2 aliphatic heterocycles. The summed E-state index contributed by atoms with van der Waals surface area (Å²) >= 11 is 0. The highest BCUT2D eigenvalue weighted by Crippen LogP contribution is 2.23. The number of hydrogen-bond donors (Lipinski definition) is 1. The van der Waals surface area contributed by atoms with Crippen LogP contribution in [0.2, 0.25) is 0 Å². The highest BCUT2D eigenvalue weighted by molar-refractivity contribution is 5.72. The van der Waals surface area contributed by atoms with Gasteiger partial charge in [-0.05, 0) is 65.6 Å². The molecule has 0 aromatic rings. The van der Waals surface area contributed by atoms with E-state index in [9.17, 15) is 4.79 Å². The van der Waals surface area contributed by atoms with Gasteiger partial charge in [0.05, 0.1) is 12.2 Å². The Morgan fingerprint density at radius 1 is 1.24 bits per heavy atom. The van der Waals surface area contributed by atoms with Gasteiger partial charge in [0.25, 0.3) is 0 Å². The minimum atomic E-state index is -0.704. The second-order valence-corrected chi connectivity index (χ2v) is 6.80. The van der Waals surface area contributed by atoms with Crippen molar-refractivity contribution in [2.75, 3.05) is 32.7 Å². The average molecular weight is 298 g/mol. The topological polar surface area (TPSA) is 53.0 Å². The molecule has 0 bridgehead atoms. The number of rotatable bonds is 5. The number of morpholine rings is 1. The molecule has 3 atom stereocenters. The zero-order valence-corrected chi connectivity index (χ0v) is 13.6. The summed E-state index contributed by atoms with van der Waals surface area (Å²) in [5.74, 6) is 0.0421. The summed E-state index contributed by atoms with van der Waals surface area (Å²) < 4.78 is 5.77. The van der Waals surface area contributed by atoms with Crippen LogP contribution in [0.25, 0.3) is 0 Å². The molecule has 0 spiro atoms. The number of likely N-dealkylation sites (tertiary alicyclic amines) is 1. The van der Waals surface area contributed by atoms with Gasteiger partial charge in [0, 0.05) is 13.1 Å². The fourth-order valence-electron chi connectivity index (χ4n) is 3.62. The molecule has 0 amide bonds. The van der Waals surface area contributed by atoms with Crippen LogP contribution in [-0.2, 0) is 9.53 Å². The molecule has 21 heavy (non-hydrogen) atoms. The number of hydrogen-bond acceptors (Lipinski definition) is 4. The lowest BCUT2D eigenvalue weighted by Gasteiger charge is -2.38. The van der Waals surface area contributed by atoms with Crippen LogP contribution in [0.4, 0.5) is 0 Å². The van der Waals surface area contributed by atoms with Gasteiger partial charge < -0.3 is 9.84 Å². The van der Waals surface area contributed by atoms with Crippen LogP contribution in [0.15, 0.2) is 0 Å². The predicted octanol–water partition coefficient (Wildman–Crippen LogP) is 1.67. The van der Waals surface area contributed by atoms with Crippen molar-refractivity contribution < 1.29 is 14.6 Å². The molecular formula is C16H30N2O3. The van der Waals surface area contributed by atoms with Crippen molar-refractivity contribution in [3.05, 3.63) is 0 Å². The molecule has 5 heteroatoms. The summed E-state index contributed by atoms with van der Waals surface area (Å²) in [6.07, 6.45) is 4.17. The number of piperidine rings is 1. The third-order valence-electron chi connectivity index (χ3n) is 4.90. The maximum absolute atomic E-state index is 11.0. The smallest absolute Gasteiger partial charge is 0.320 e. The first-order valence-corrected chi connectivity index (χ1v) is 8.30. The Morgan fingerprint density at radius 2 is 1.81 bits per heavy atom. The van der Waals surface area contributed by atoms with E-state index in [0.29, 0.717) is 12.2 Å². The van der Waals surface area contributed by atoms with Crippen LogP contribution in [0.5, 0.6) is 0 Å². The van der Waals surface area contributed by atoms with Gasteiger partial charge in [-0.1, -0.05) is 0 Å². The fourth-order valence-corrected chi connectivity index (χ4v) is 3.62. The molecule has 1 N–H and O–H groups in total. The molecule has 0 unspecified atom stereocenters. The minimum absolute atomic E-state index is 0.340. The highest BCUT2D eigenvalue weighted by Gasteiger charge is 2.27. The number of carbonyl (C=O) groups is 1. The van der Waals surface area contributed by atoms with Crippen LogP contribution in [0.3, 0.4) is 0 Å². The second kappa shape index (κ2) is 7.56. The maximum atomic E-state index is 11.0. The molecule has 2 saturated heterocycles. The minimum Gasteiger partial charge on any atom is -0.480 e. The Labute approximate surface area is 128 Å². The third kappa shape index (κ3) is 4.94. The van der Waals surface area contributed by atoms with Crippen molar-refractivity contribution >= 4 is 5.97 Å². The number of carboxylic acid groups (broad SMARTS) is 1. The summed E-state index contributed by atoms with van der Waals surface area (Å²) in [6.45, 7) is 11.2. The van der Waals surface area contributed by atoms with Crippen molar-refractivity contribution in [2.24, 2.45) is 5.92 Å². The van der Waals surface area contributed by atoms with Gasteiger partial charge in [-0.2, -0.15) is 0 Å². The van der Waals surface area contributed by atoms with Gasteiger partial charge in [-0.15, -0.1) is 0 Å². The van der Waals surface area contributed by atoms with Gasteiger partial charge >= 0.3 is 5.97 Å². The first kappa shape index (κ1) is 16.7. The molecular weight excluding hydrogens is 268 g/mol. The van der Waals surface area contributed by atoms with E-state index in [1.54, 1.807) is 6.92 Å². The molecule has 2 heterocycles. The summed E-state index contributed by atoms with van der Waals surface area (Å²) in [6, 6.07) is -0.341. The lowest BCUT2D eigenvalue weighted by atomic mass is 9.92. The SMILES string of the molecule is C[C@@H]1CN(CCC2CCN([C@@H](C)C(=O)O)CC2)C[C@H](C)O1. The third-order valence-corrected chi connectivity index (χ3v) is 4.90. The molecule has 0 aromatic heterocycles. The van der Waals surface area contributed by atoms with Gasteiger partial charge in [0.2, 0.25) is 0 Å². The Kier molecular flexibility index (Phi) is 6.02. The predicted molar refractivity (Wildman–Crippen MR) is 82.5 cm³/mol. The monoisotopic (exact) mass is 298 g/mol. The van der Waals surface area contributed by atoms with Gasteiger partial charge in [-0.25, -0.2) is 0 Å². The lowest BCUT2D eigenvalue weighted by molar-refractivity contribution is -0.143. The van der Waals surface area contributed by atoms with Crippen LogP contribution in [-0.4, -0.2) is 71.8 Å². The fraction of sp³-hybridized carbons (Fsp3) is 0.938. The van der Waals surface area contributed by atoms with Crippen molar-refractivity contribution in [3.8, 4) is 0 Å². The Balaban J connectivity index is 1.68. The average Bonchev–Trinajstić information content (AvgIpc) is 2.44. The standard InChI is InChI=1S/C16H30N2O3/c1-12-10-17(11-13(2)21-12)7-4-15-5-8-18(9-6-15)14(3)16(19)20/h12-15H,4-11H2,1-3H3,(H,19,20)/t12-,13+,14-/m0/s1. The van der Waals surface area contributed by atoms with Crippen molar-refractivity contribution in [3.63, 3.8) is 0 Å². The molecule has 2 aliphatic rings. The van der Waals surface area contributed by atoms with E-state index in [1.807, 2.05) is 0 Å². The van der Waals surface area contributed by atoms with Crippen LogP contribution < -0.4 is 0 Å². The van der Waals surface area contributed by atoms with E-state index in [-0.39, 0.29) is 6.04 Å².